The number of rotatable bonds is 5. The molecule has 27 heavy (non-hydrogen) atoms. The predicted molar refractivity (Wildman–Crippen MR) is 102 cm³/mol. The summed E-state index contributed by atoms with van der Waals surface area (Å²) in [5.41, 5.74) is 8.54. The van der Waals surface area contributed by atoms with Gasteiger partial charge in [0.15, 0.2) is 0 Å². The molecule has 4 rings (SSSR count). The van der Waals surface area contributed by atoms with Crippen molar-refractivity contribution in [2.45, 2.75) is 38.1 Å². The van der Waals surface area contributed by atoms with Crippen LogP contribution in [-0.2, 0) is 6.54 Å². The van der Waals surface area contributed by atoms with Crippen molar-refractivity contribution in [1.29, 1.82) is 0 Å². The van der Waals surface area contributed by atoms with Crippen LogP contribution >= 0.6 is 0 Å². The molecule has 2 aromatic rings. The van der Waals surface area contributed by atoms with E-state index in [0.29, 0.717) is 12.1 Å². The molecule has 1 atom stereocenters. The van der Waals surface area contributed by atoms with Crippen molar-refractivity contribution in [3.05, 3.63) is 47.0 Å². The van der Waals surface area contributed by atoms with E-state index in [2.05, 4.69) is 20.0 Å². The molecule has 0 radical (unpaired) electrons. The smallest absolute Gasteiger partial charge is 0.252 e. The van der Waals surface area contributed by atoms with Crippen LogP contribution in [0.15, 0.2) is 24.4 Å². The number of nitrogens with zero attached hydrogens (tertiary/aromatic N) is 3. The number of piperidine rings is 1. The van der Waals surface area contributed by atoms with Gasteiger partial charge in [-0.1, -0.05) is 6.07 Å². The molecular formula is C20H26FN5O. The molecule has 1 unspecified atom stereocenters. The first kappa shape index (κ1) is 18.0. The molecule has 144 valence electrons. The van der Waals surface area contributed by atoms with Gasteiger partial charge in [0.05, 0.1) is 17.5 Å². The van der Waals surface area contributed by atoms with Crippen LogP contribution in [0, 0.1) is 5.82 Å². The molecule has 1 aromatic carbocycles. The highest BCUT2D eigenvalue weighted by atomic mass is 19.1. The van der Waals surface area contributed by atoms with Gasteiger partial charge >= 0.3 is 0 Å². The minimum absolute atomic E-state index is 0.138. The van der Waals surface area contributed by atoms with Crippen LogP contribution in [0.5, 0.6) is 0 Å². The number of aromatic nitrogens is 2. The van der Waals surface area contributed by atoms with Gasteiger partial charge in [0.1, 0.15) is 5.82 Å². The summed E-state index contributed by atoms with van der Waals surface area (Å²) >= 11 is 0. The molecule has 6 nitrogen and oxygen atoms in total. The lowest BCUT2D eigenvalue weighted by atomic mass is 9.92. The Morgan fingerprint density at radius 1 is 1.26 bits per heavy atom. The predicted octanol–water partition coefficient (Wildman–Crippen LogP) is 2.63. The van der Waals surface area contributed by atoms with Gasteiger partial charge in [0.25, 0.3) is 5.91 Å². The van der Waals surface area contributed by atoms with E-state index < -0.39 is 5.91 Å². The van der Waals surface area contributed by atoms with Crippen LogP contribution in [0.4, 0.5) is 10.1 Å². The standard InChI is InChI=1S/C20H26FN5O/c21-17-6-3-7-18(26-9-1-2-10-26)16(17)13-25-8-4-5-14(12-25)19-15(20(22)27)11-23-24-19/h3,6-7,11,14H,1-2,4-5,8-10,12-13H2,(H2,22,27)(H,23,24). The van der Waals surface area contributed by atoms with E-state index in [4.69, 9.17) is 5.73 Å². The first-order valence-electron chi connectivity index (χ1n) is 9.71. The Labute approximate surface area is 158 Å². The number of halogens is 1. The third-order valence-electron chi connectivity index (χ3n) is 5.77. The van der Waals surface area contributed by atoms with Crippen LogP contribution < -0.4 is 10.6 Å². The lowest BCUT2D eigenvalue weighted by molar-refractivity contribution is 0.0997. The lowest BCUT2D eigenvalue weighted by Gasteiger charge is -2.33. The highest BCUT2D eigenvalue weighted by Crippen LogP contribution is 2.32. The second kappa shape index (κ2) is 7.68. The Morgan fingerprint density at radius 2 is 2.07 bits per heavy atom. The number of carbonyl (C=O) groups excluding carboxylic acids is 1. The molecule has 3 N–H and O–H groups in total. The second-order valence-electron chi connectivity index (χ2n) is 7.57. The van der Waals surface area contributed by atoms with Crippen LogP contribution in [-0.4, -0.2) is 47.2 Å². The zero-order chi connectivity index (χ0) is 18.8. The number of carbonyl (C=O) groups is 1. The van der Waals surface area contributed by atoms with Crippen LogP contribution in [0.3, 0.4) is 0 Å². The summed E-state index contributed by atoms with van der Waals surface area (Å²) in [6, 6.07) is 5.39. The third-order valence-corrected chi connectivity index (χ3v) is 5.77. The maximum atomic E-state index is 14.7. The first-order valence-corrected chi connectivity index (χ1v) is 9.71. The van der Waals surface area contributed by atoms with Crippen molar-refractivity contribution in [3.8, 4) is 0 Å². The molecular weight excluding hydrogens is 345 g/mol. The Bertz CT molecular complexity index is 814. The summed E-state index contributed by atoms with van der Waals surface area (Å²) in [4.78, 5) is 16.2. The van der Waals surface area contributed by atoms with Crippen molar-refractivity contribution in [2.75, 3.05) is 31.1 Å². The summed E-state index contributed by atoms with van der Waals surface area (Å²) in [5, 5.41) is 6.95. The normalized spacial score (nSPS) is 20.9. The zero-order valence-electron chi connectivity index (χ0n) is 15.5. The summed E-state index contributed by atoms with van der Waals surface area (Å²) in [6.07, 6.45) is 5.79. The van der Waals surface area contributed by atoms with Crippen molar-refractivity contribution in [3.63, 3.8) is 0 Å². The molecule has 0 aliphatic carbocycles. The molecule has 0 saturated carbocycles. The number of hydrogen-bond donors (Lipinski definition) is 2. The quantitative estimate of drug-likeness (QED) is 0.847. The van der Waals surface area contributed by atoms with Gasteiger partial charge in [-0.05, 0) is 44.4 Å². The molecule has 0 bridgehead atoms. The number of anilines is 1. The molecule has 0 spiro atoms. The number of primary amides is 1. The third kappa shape index (κ3) is 3.69. The maximum Gasteiger partial charge on any atom is 0.252 e. The topological polar surface area (TPSA) is 78.2 Å². The van der Waals surface area contributed by atoms with Crippen LogP contribution in [0.25, 0.3) is 0 Å². The molecule has 2 aliphatic rings. The fourth-order valence-electron chi connectivity index (χ4n) is 4.42. The molecule has 1 aromatic heterocycles. The van der Waals surface area contributed by atoms with Gasteiger partial charge in [0.2, 0.25) is 0 Å². The van der Waals surface area contributed by atoms with Gasteiger partial charge in [-0.15, -0.1) is 0 Å². The molecule has 2 fully saturated rings. The van der Waals surface area contributed by atoms with Gasteiger partial charge < -0.3 is 10.6 Å². The van der Waals surface area contributed by atoms with E-state index in [0.717, 1.165) is 68.8 Å². The Kier molecular flexibility index (Phi) is 5.11. The highest BCUT2D eigenvalue weighted by molar-refractivity contribution is 5.93. The number of amides is 1. The average Bonchev–Trinajstić information content (AvgIpc) is 3.35. The van der Waals surface area contributed by atoms with Crippen molar-refractivity contribution in [2.24, 2.45) is 5.73 Å². The monoisotopic (exact) mass is 371 g/mol. The number of nitrogens with one attached hydrogen (secondary N) is 1. The van der Waals surface area contributed by atoms with E-state index in [-0.39, 0.29) is 11.7 Å². The second-order valence-corrected chi connectivity index (χ2v) is 7.57. The summed E-state index contributed by atoms with van der Waals surface area (Å²) in [7, 11) is 0. The number of H-pyrrole nitrogens is 1. The van der Waals surface area contributed by atoms with Crippen molar-refractivity contribution < 1.29 is 9.18 Å². The van der Waals surface area contributed by atoms with Crippen LogP contribution in [0.2, 0.25) is 0 Å². The number of nitrogens with two attached hydrogens (primary N) is 1. The van der Waals surface area contributed by atoms with Gasteiger partial charge in [-0.25, -0.2) is 4.39 Å². The highest BCUT2D eigenvalue weighted by Gasteiger charge is 2.28. The molecule has 7 heteroatoms. The number of likely N-dealkylation sites (tertiary alicyclic amines) is 1. The van der Waals surface area contributed by atoms with Gasteiger partial charge in [-0.2, -0.15) is 5.10 Å². The van der Waals surface area contributed by atoms with E-state index in [9.17, 15) is 9.18 Å². The van der Waals surface area contributed by atoms with E-state index in [1.807, 2.05) is 6.07 Å². The van der Waals surface area contributed by atoms with E-state index in [1.165, 1.54) is 6.20 Å². The van der Waals surface area contributed by atoms with Crippen molar-refractivity contribution in [1.82, 2.24) is 15.1 Å². The summed E-state index contributed by atoms with van der Waals surface area (Å²) in [6.45, 7) is 4.25. The van der Waals surface area contributed by atoms with E-state index in [1.54, 1.807) is 12.1 Å². The minimum Gasteiger partial charge on any atom is -0.371 e. The summed E-state index contributed by atoms with van der Waals surface area (Å²) < 4.78 is 14.7. The SMILES string of the molecule is NC(=O)c1cn[nH]c1C1CCCN(Cc2c(F)cccc2N2CCCC2)C1. The number of hydrogen-bond acceptors (Lipinski definition) is 4. The molecule has 2 saturated heterocycles. The Morgan fingerprint density at radius 3 is 2.85 bits per heavy atom. The minimum atomic E-state index is -0.457. The van der Waals surface area contributed by atoms with Crippen molar-refractivity contribution >= 4 is 11.6 Å². The Hall–Kier alpha value is -2.41. The van der Waals surface area contributed by atoms with E-state index >= 15 is 0 Å². The molecule has 3 heterocycles. The fourth-order valence-corrected chi connectivity index (χ4v) is 4.42. The Balaban J connectivity index is 1.53. The fraction of sp³-hybridized carbons (Fsp3) is 0.500. The average molecular weight is 371 g/mol. The number of benzene rings is 1. The summed E-state index contributed by atoms with van der Waals surface area (Å²) in [5.74, 6) is -0.437. The first-order chi connectivity index (χ1) is 13.1. The molecule has 1 amide bonds. The maximum absolute atomic E-state index is 14.7. The largest absolute Gasteiger partial charge is 0.371 e. The van der Waals surface area contributed by atoms with Gasteiger partial charge in [0, 0.05) is 43.3 Å². The molecule has 2 aliphatic heterocycles. The van der Waals surface area contributed by atoms with Crippen LogP contribution in [0.1, 0.15) is 53.2 Å². The zero-order valence-corrected chi connectivity index (χ0v) is 15.5. The lowest BCUT2D eigenvalue weighted by Crippen LogP contribution is -2.35. The number of aromatic amines is 1. The van der Waals surface area contributed by atoms with Gasteiger partial charge in [-0.3, -0.25) is 14.8 Å².